The first-order valence-corrected chi connectivity index (χ1v) is 8.62. The quantitative estimate of drug-likeness (QED) is 0.721. The number of rotatable bonds is 7. The van der Waals surface area contributed by atoms with Crippen molar-refractivity contribution >= 4 is 5.91 Å². The standard InChI is InChI=1S/C18H35NO2/c1-13(2)15-8-9-18(5,6)12-16(15)17(20)19-10-7-11-21-14(3)4/h13-16H,7-12H2,1-6H3,(H,19,20). The molecule has 1 aliphatic carbocycles. The van der Waals surface area contributed by atoms with E-state index in [9.17, 15) is 4.79 Å². The predicted octanol–water partition coefficient (Wildman–Crippen LogP) is 4.02. The Labute approximate surface area is 131 Å². The zero-order valence-corrected chi connectivity index (χ0v) is 14.9. The van der Waals surface area contributed by atoms with Gasteiger partial charge in [-0.3, -0.25) is 4.79 Å². The molecule has 2 unspecified atom stereocenters. The SMILES string of the molecule is CC(C)OCCCNC(=O)C1CC(C)(C)CCC1C(C)C. The Balaban J connectivity index is 2.44. The number of amides is 1. The van der Waals surface area contributed by atoms with Crippen molar-refractivity contribution in [3.8, 4) is 0 Å². The van der Waals surface area contributed by atoms with Crippen LogP contribution in [0.1, 0.15) is 67.2 Å². The van der Waals surface area contributed by atoms with Gasteiger partial charge >= 0.3 is 0 Å². The summed E-state index contributed by atoms with van der Waals surface area (Å²) in [7, 11) is 0. The Bertz CT molecular complexity index is 323. The Morgan fingerprint density at radius 1 is 1.29 bits per heavy atom. The molecule has 1 rings (SSSR count). The number of hydrogen-bond donors (Lipinski definition) is 1. The van der Waals surface area contributed by atoms with E-state index in [4.69, 9.17) is 4.74 Å². The van der Waals surface area contributed by atoms with Crippen molar-refractivity contribution in [3.63, 3.8) is 0 Å². The van der Waals surface area contributed by atoms with Crippen molar-refractivity contribution in [3.05, 3.63) is 0 Å². The Morgan fingerprint density at radius 2 is 1.95 bits per heavy atom. The van der Waals surface area contributed by atoms with Gasteiger partial charge in [-0.25, -0.2) is 0 Å². The number of nitrogens with one attached hydrogen (secondary N) is 1. The van der Waals surface area contributed by atoms with Crippen LogP contribution in [0.25, 0.3) is 0 Å². The molecule has 0 radical (unpaired) electrons. The molecule has 0 heterocycles. The average molecular weight is 297 g/mol. The van der Waals surface area contributed by atoms with Crippen LogP contribution in [-0.4, -0.2) is 25.2 Å². The first kappa shape index (κ1) is 18.5. The lowest BCUT2D eigenvalue weighted by atomic mass is 9.64. The minimum atomic E-state index is 0.180. The molecule has 0 saturated heterocycles. The summed E-state index contributed by atoms with van der Waals surface area (Å²) in [4.78, 5) is 12.5. The van der Waals surface area contributed by atoms with Crippen LogP contribution in [0.15, 0.2) is 0 Å². The highest BCUT2D eigenvalue weighted by Crippen LogP contribution is 2.44. The molecule has 0 aliphatic heterocycles. The first-order valence-electron chi connectivity index (χ1n) is 8.62. The van der Waals surface area contributed by atoms with E-state index < -0.39 is 0 Å². The van der Waals surface area contributed by atoms with Gasteiger partial charge in [-0.1, -0.05) is 27.7 Å². The molecule has 0 aromatic rings. The van der Waals surface area contributed by atoms with E-state index in [1.807, 2.05) is 13.8 Å². The van der Waals surface area contributed by atoms with Crippen molar-refractivity contribution < 1.29 is 9.53 Å². The van der Waals surface area contributed by atoms with E-state index in [1.165, 1.54) is 12.8 Å². The summed E-state index contributed by atoms with van der Waals surface area (Å²) in [6, 6.07) is 0. The third-order valence-corrected chi connectivity index (χ3v) is 4.71. The zero-order chi connectivity index (χ0) is 16.0. The Kier molecular flexibility index (Phi) is 7.19. The second kappa shape index (κ2) is 8.17. The fourth-order valence-corrected chi connectivity index (χ4v) is 3.43. The van der Waals surface area contributed by atoms with Crippen LogP contribution >= 0.6 is 0 Å². The summed E-state index contributed by atoms with van der Waals surface area (Å²) in [5, 5.41) is 3.13. The second-order valence-corrected chi connectivity index (χ2v) is 7.99. The summed E-state index contributed by atoms with van der Waals surface area (Å²) < 4.78 is 5.51. The maximum Gasteiger partial charge on any atom is 0.223 e. The van der Waals surface area contributed by atoms with Gasteiger partial charge in [-0.05, 0) is 56.8 Å². The number of carbonyl (C=O) groups excluding carboxylic acids is 1. The minimum Gasteiger partial charge on any atom is -0.379 e. The van der Waals surface area contributed by atoms with E-state index in [0.29, 0.717) is 17.3 Å². The molecule has 0 spiro atoms. The van der Waals surface area contributed by atoms with E-state index in [1.54, 1.807) is 0 Å². The van der Waals surface area contributed by atoms with Crippen molar-refractivity contribution in [2.45, 2.75) is 73.3 Å². The van der Waals surface area contributed by atoms with Crippen molar-refractivity contribution in [1.29, 1.82) is 0 Å². The monoisotopic (exact) mass is 297 g/mol. The van der Waals surface area contributed by atoms with Gasteiger partial charge in [0.2, 0.25) is 5.91 Å². The molecule has 1 aliphatic rings. The van der Waals surface area contributed by atoms with Gasteiger partial charge in [-0.2, -0.15) is 0 Å². The van der Waals surface area contributed by atoms with Crippen molar-refractivity contribution in [2.75, 3.05) is 13.2 Å². The molecule has 3 heteroatoms. The molecule has 1 N–H and O–H groups in total. The summed E-state index contributed by atoms with van der Waals surface area (Å²) >= 11 is 0. The summed E-state index contributed by atoms with van der Waals surface area (Å²) in [5.74, 6) is 1.55. The van der Waals surface area contributed by atoms with Gasteiger partial charge in [0.05, 0.1) is 6.10 Å². The molecule has 1 saturated carbocycles. The van der Waals surface area contributed by atoms with Crippen LogP contribution in [0.2, 0.25) is 0 Å². The molecule has 21 heavy (non-hydrogen) atoms. The Hall–Kier alpha value is -0.570. The summed E-state index contributed by atoms with van der Waals surface area (Å²) in [5.41, 5.74) is 0.300. The molecule has 124 valence electrons. The van der Waals surface area contributed by atoms with Crippen LogP contribution in [0, 0.1) is 23.2 Å². The Morgan fingerprint density at radius 3 is 2.52 bits per heavy atom. The van der Waals surface area contributed by atoms with E-state index in [0.717, 1.165) is 26.0 Å². The molecule has 1 fully saturated rings. The second-order valence-electron chi connectivity index (χ2n) is 7.99. The van der Waals surface area contributed by atoms with Gasteiger partial charge < -0.3 is 10.1 Å². The number of hydrogen-bond acceptors (Lipinski definition) is 2. The van der Waals surface area contributed by atoms with E-state index in [2.05, 4.69) is 33.0 Å². The van der Waals surface area contributed by atoms with Crippen molar-refractivity contribution in [1.82, 2.24) is 5.32 Å². The van der Waals surface area contributed by atoms with Gasteiger partial charge in [0.15, 0.2) is 0 Å². The summed E-state index contributed by atoms with van der Waals surface area (Å²) in [6.07, 6.45) is 4.60. The molecule has 0 aromatic heterocycles. The molecule has 2 atom stereocenters. The molecule has 0 bridgehead atoms. The minimum absolute atomic E-state index is 0.180. The number of carbonyl (C=O) groups is 1. The highest BCUT2D eigenvalue weighted by Gasteiger charge is 2.39. The maximum absolute atomic E-state index is 12.5. The van der Waals surface area contributed by atoms with Crippen LogP contribution in [0.3, 0.4) is 0 Å². The predicted molar refractivity (Wildman–Crippen MR) is 88.2 cm³/mol. The van der Waals surface area contributed by atoms with Crippen LogP contribution in [0.5, 0.6) is 0 Å². The highest BCUT2D eigenvalue weighted by atomic mass is 16.5. The molecular weight excluding hydrogens is 262 g/mol. The van der Waals surface area contributed by atoms with Crippen LogP contribution in [0.4, 0.5) is 0 Å². The molecule has 0 aromatic carbocycles. The number of ether oxygens (including phenoxy) is 1. The largest absolute Gasteiger partial charge is 0.379 e. The summed E-state index contributed by atoms with van der Waals surface area (Å²) in [6.45, 7) is 14.6. The third-order valence-electron chi connectivity index (χ3n) is 4.71. The van der Waals surface area contributed by atoms with E-state index in [-0.39, 0.29) is 17.9 Å². The fourth-order valence-electron chi connectivity index (χ4n) is 3.43. The van der Waals surface area contributed by atoms with Gasteiger partial charge in [0, 0.05) is 19.1 Å². The average Bonchev–Trinajstić information content (AvgIpc) is 2.36. The molecular formula is C18H35NO2. The highest BCUT2D eigenvalue weighted by molar-refractivity contribution is 5.79. The lowest BCUT2D eigenvalue weighted by Crippen LogP contribution is -2.43. The van der Waals surface area contributed by atoms with Gasteiger partial charge in [0.1, 0.15) is 0 Å². The van der Waals surface area contributed by atoms with E-state index >= 15 is 0 Å². The van der Waals surface area contributed by atoms with Gasteiger partial charge in [-0.15, -0.1) is 0 Å². The van der Waals surface area contributed by atoms with Crippen molar-refractivity contribution in [2.24, 2.45) is 23.2 Å². The first-order chi connectivity index (χ1) is 9.73. The zero-order valence-electron chi connectivity index (χ0n) is 14.9. The molecule has 1 amide bonds. The topological polar surface area (TPSA) is 38.3 Å². The van der Waals surface area contributed by atoms with Gasteiger partial charge in [0.25, 0.3) is 0 Å². The lowest BCUT2D eigenvalue weighted by molar-refractivity contribution is -0.130. The van der Waals surface area contributed by atoms with Crippen LogP contribution < -0.4 is 5.32 Å². The normalized spacial score (nSPS) is 25.3. The molecule has 3 nitrogen and oxygen atoms in total. The van der Waals surface area contributed by atoms with Crippen LogP contribution in [-0.2, 0) is 9.53 Å². The fraction of sp³-hybridized carbons (Fsp3) is 0.944. The maximum atomic E-state index is 12.5. The third kappa shape index (κ3) is 6.37. The smallest absolute Gasteiger partial charge is 0.223 e. The lowest BCUT2D eigenvalue weighted by Gasteiger charge is -2.41.